The molecule has 4 rings (SSSR count). The highest BCUT2D eigenvalue weighted by Crippen LogP contribution is 2.25. The van der Waals surface area contributed by atoms with Crippen LogP contribution < -0.4 is 5.32 Å². The minimum absolute atomic E-state index is 0.197. The van der Waals surface area contributed by atoms with Gasteiger partial charge in [-0.15, -0.1) is 0 Å². The van der Waals surface area contributed by atoms with Crippen LogP contribution in [0, 0.1) is 0 Å². The summed E-state index contributed by atoms with van der Waals surface area (Å²) in [5.74, 6) is -1.46. The van der Waals surface area contributed by atoms with E-state index in [0.29, 0.717) is 29.1 Å². The van der Waals surface area contributed by atoms with Crippen LogP contribution in [0.4, 0.5) is 0 Å². The van der Waals surface area contributed by atoms with Gasteiger partial charge in [0, 0.05) is 23.7 Å². The van der Waals surface area contributed by atoms with Crippen molar-refractivity contribution in [3.63, 3.8) is 0 Å². The van der Waals surface area contributed by atoms with Crippen molar-refractivity contribution in [2.45, 2.75) is 24.8 Å². The van der Waals surface area contributed by atoms with Crippen molar-refractivity contribution in [1.29, 1.82) is 0 Å². The molecular weight excluding hydrogens is 472 g/mol. The number of hydrogen-bond donors (Lipinski definition) is 1. The number of fused-ring (bicyclic) bond motifs is 1. The van der Waals surface area contributed by atoms with Gasteiger partial charge < -0.3 is 10.2 Å². The summed E-state index contributed by atoms with van der Waals surface area (Å²) in [7, 11) is -3.68. The van der Waals surface area contributed by atoms with Gasteiger partial charge >= 0.3 is 0 Å². The maximum Gasteiger partial charge on any atom is 0.255 e. The molecule has 0 aliphatic carbocycles. The van der Waals surface area contributed by atoms with Crippen molar-refractivity contribution in [3.05, 3.63) is 106 Å². The maximum atomic E-state index is 13.2. The third-order valence-electron chi connectivity index (χ3n) is 5.80. The standard InChI is InChI=1S/C26H25ClN2O4S/c27-22-12-10-19(11-13-22)14-15-28-25(30)24(18-34(32,33)17-20-6-2-1-3-7-20)29-16-21-8-4-5-9-23(21)26(29)31/h1-13,24H,14-18H2,(H,28,30). The van der Waals surface area contributed by atoms with Gasteiger partial charge in [0.15, 0.2) is 9.84 Å². The number of nitrogens with zero attached hydrogens (tertiary/aromatic N) is 1. The summed E-state index contributed by atoms with van der Waals surface area (Å²) in [5.41, 5.74) is 2.91. The van der Waals surface area contributed by atoms with Crippen LogP contribution in [0.15, 0.2) is 78.9 Å². The molecule has 2 amide bonds. The van der Waals surface area contributed by atoms with Gasteiger partial charge in [-0.25, -0.2) is 8.42 Å². The summed E-state index contributed by atoms with van der Waals surface area (Å²) in [6, 6.07) is 22.1. The quantitative estimate of drug-likeness (QED) is 0.490. The Hall–Kier alpha value is -3.16. The number of sulfone groups is 1. The molecule has 0 radical (unpaired) electrons. The first kappa shape index (κ1) is 24.0. The third kappa shape index (κ3) is 5.85. The average molecular weight is 497 g/mol. The van der Waals surface area contributed by atoms with Gasteiger partial charge in [-0.2, -0.15) is 0 Å². The van der Waals surface area contributed by atoms with Crippen LogP contribution in [0.5, 0.6) is 0 Å². The van der Waals surface area contributed by atoms with Crippen LogP contribution in [0.2, 0.25) is 5.02 Å². The number of rotatable bonds is 9. The Labute approximate surface area is 204 Å². The monoisotopic (exact) mass is 496 g/mol. The van der Waals surface area contributed by atoms with Crippen LogP contribution >= 0.6 is 11.6 Å². The van der Waals surface area contributed by atoms with E-state index in [1.807, 2.05) is 30.3 Å². The number of benzene rings is 3. The molecule has 3 aromatic rings. The fraction of sp³-hybridized carbons (Fsp3) is 0.231. The summed E-state index contributed by atoms with van der Waals surface area (Å²) in [6.07, 6.45) is 0.556. The van der Waals surface area contributed by atoms with E-state index >= 15 is 0 Å². The molecule has 1 unspecified atom stereocenters. The third-order valence-corrected chi connectivity index (χ3v) is 7.64. The molecule has 1 heterocycles. The molecule has 0 aromatic heterocycles. The zero-order valence-electron chi connectivity index (χ0n) is 18.5. The molecule has 1 atom stereocenters. The van der Waals surface area contributed by atoms with Crippen LogP contribution in [-0.2, 0) is 33.4 Å². The number of nitrogens with one attached hydrogen (secondary N) is 1. The van der Waals surface area contributed by atoms with Gasteiger partial charge in [0.05, 0.1) is 11.5 Å². The molecule has 1 aliphatic heterocycles. The fourth-order valence-corrected chi connectivity index (χ4v) is 5.82. The molecule has 176 valence electrons. The Kier molecular flexibility index (Phi) is 7.34. The van der Waals surface area contributed by atoms with Crippen LogP contribution in [-0.4, -0.2) is 43.5 Å². The lowest BCUT2D eigenvalue weighted by molar-refractivity contribution is -0.125. The lowest BCUT2D eigenvalue weighted by Crippen LogP contribution is -2.51. The SMILES string of the molecule is O=C(NCCc1ccc(Cl)cc1)C(CS(=O)(=O)Cc1ccccc1)N1Cc2ccccc2C1=O. The highest BCUT2D eigenvalue weighted by Gasteiger charge is 2.38. The first-order chi connectivity index (χ1) is 16.3. The van der Waals surface area contributed by atoms with Crippen molar-refractivity contribution >= 4 is 33.3 Å². The van der Waals surface area contributed by atoms with E-state index in [2.05, 4.69) is 5.32 Å². The molecule has 1 aliphatic rings. The number of halogens is 1. The lowest BCUT2D eigenvalue weighted by Gasteiger charge is -2.27. The van der Waals surface area contributed by atoms with Crippen molar-refractivity contribution < 1.29 is 18.0 Å². The number of hydrogen-bond acceptors (Lipinski definition) is 4. The Morgan fingerprint density at radius 3 is 2.32 bits per heavy atom. The predicted molar refractivity (Wildman–Crippen MR) is 132 cm³/mol. The van der Waals surface area contributed by atoms with Crippen LogP contribution in [0.1, 0.15) is 27.0 Å². The molecule has 6 nitrogen and oxygen atoms in total. The smallest absolute Gasteiger partial charge is 0.255 e. The van der Waals surface area contributed by atoms with E-state index in [9.17, 15) is 18.0 Å². The van der Waals surface area contributed by atoms with Gasteiger partial charge in [0.1, 0.15) is 6.04 Å². The second-order valence-electron chi connectivity index (χ2n) is 8.31. The highest BCUT2D eigenvalue weighted by atomic mass is 35.5. The molecular formula is C26H25ClN2O4S. The zero-order chi connectivity index (χ0) is 24.1. The summed E-state index contributed by atoms with van der Waals surface area (Å²) < 4.78 is 26.1. The second kappa shape index (κ2) is 10.4. The van der Waals surface area contributed by atoms with Crippen molar-refractivity contribution in [2.75, 3.05) is 12.3 Å². The Balaban J connectivity index is 1.50. The van der Waals surface area contributed by atoms with Crippen molar-refractivity contribution in [2.24, 2.45) is 0 Å². The first-order valence-corrected chi connectivity index (χ1v) is 13.2. The summed E-state index contributed by atoms with van der Waals surface area (Å²) >= 11 is 5.92. The average Bonchev–Trinajstić information content (AvgIpc) is 3.15. The van der Waals surface area contributed by atoms with E-state index in [1.54, 1.807) is 48.5 Å². The molecule has 34 heavy (non-hydrogen) atoms. The van der Waals surface area contributed by atoms with E-state index in [1.165, 1.54) is 4.90 Å². The molecule has 0 bridgehead atoms. The van der Waals surface area contributed by atoms with Gasteiger partial charge in [-0.1, -0.05) is 72.3 Å². The highest BCUT2D eigenvalue weighted by molar-refractivity contribution is 7.90. The van der Waals surface area contributed by atoms with Gasteiger partial charge in [-0.3, -0.25) is 9.59 Å². The molecule has 1 N–H and O–H groups in total. The number of carbonyl (C=O) groups is 2. The lowest BCUT2D eigenvalue weighted by atomic mass is 10.1. The van der Waals surface area contributed by atoms with Gasteiger partial charge in [-0.05, 0) is 41.3 Å². The van der Waals surface area contributed by atoms with Crippen molar-refractivity contribution in [3.8, 4) is 0 Å². The largest absolute Gasteiger partial charge is 0.354 e. The molecule has 0 fully saturated rings. The minimum atomic E-state index is -3.68. The van der Waals surface area contributed by atoms with Gasteiger partial charge in [0.2, 0.25) is 5.91 Å². The molecule has 0 saturated heterocycles. The van der Waals surface area contributed by atoms with Crippen LogP contribution in [0.25, 0.3) is 0 Å². The number of carbonyl (C=O) groups excluding carboxylic acids is 2. The Morgan fingerprint density at radius 2 is 1.62 bits per heavy atom. The fourth-order valence-electron chi connectivity index (χ4n) is 4.06. The summed E-state index contributed by atoms with van der Waals surface area (Å²) in [4.78, 5) is 27.6. The van der Waals surface area contributed by atoms with E-state index in [-0.39, 0.29) is 18.2 Å². The van der Waals surface area contributed by atoms with Gasteiger partial charge in [0.25, 0.3) is 5.91 Å². The molecule has 8 heteroatoms. The first-order valence-electron chi connectivity index (χ1n) is 11.0. The number of amides is 2. The van der Waals surface area contributed by atoms with E-state index < -0.39 is 27.5 Å². The Bertz CT molecular complexity index is 1280. The zero-order valence-corrected chi connectivity index (χ0v) is 20.1. The predicted octanol–water partition coefficient (Wildman–Crippen LogP) is 3.64. The Morgan fingerprint density at radius 1 is 0.941 bits per heavy atom. The van der Waals surface area contributed by atoms with E-state index in [0.717, 1.165) is 11.1 Å². The van der Waals surface area contributed by atoms with Crippen LogP contribution in [0.3, 0.4) is 0 Å². The minimum Gasteiger partial charge on any atom is -0.354 e. The molecule has 3 aromatic carbocycles. The topological polar surface area (TPSA) is 83.6 Å². The second-order valence-corrected chi connectivity index (χ2v) is 10.9. The molecule has 0 spiro atoms. The summed E-state index contributed by atoms with van der Waals surface area (Å²) in [6.45, 7) is 0.510. The van der Waals surface area contributed by atoms with Crippen molar-refractivity contribution in [1.82, 2.24) is 10.2 Å². The maximum absolute atomic E-state index is 13.2. The summed E-state index contributed by atoms with van der Waals surface area (Å²) in [5, 5.41) is 3.45. The van der Waals surface area contributed by atoms with E-state index in [4.69, 9.17) is 11.6 Å². The molecule has 0 saturated carbocycles. The normalized spacial score (nSPS) is 14.0.